The van der Waals surface area contributed by atoms with Gasteiger partial charge in [-0.05, 0) is 29.1 Å². The van der Waals surface area contributed by atoms with E-state index in [0.29, 0.717) is 18.6 Å². The van der Waals surface area contributed by atoms with Gasteiger partial charge in [-0.25, -0.2) is 0 Å². The minimum atomic E-state index is -4.37. The lowest BCUT2D eigenvalue weighted by Crippen LogP contribution is -2.15. The number of fused-ring (bicyclic) bond motifs is 1. The van der Waals surface area contributed by atoms with E-state index in [-0.39, 0.29) is 0 Å². The first-order chi connectivity index (χ1) is 11.9. The maximum Gasteiger partial charge on any atom is 0.416 e. The van der Waals surface area contributed by atoms with Gasteiger partial charge in [0.1, 0.15) is 5.75 Å². The van der Waals surface area contributed by atoms with Gasteiger partial charge in [0.25, 0.3) is 0 Å². The maximum absolute atomic E-state index is 12.8. The van der Waals surface area contributed by atoms with Crippen LogP contribution in [0.3, 0.4) is 0 Å². The van der Waals surface area contributed by atoms with Crippen LogP contribution in [0.15, 0.2) is 66.7 Å². The van der Waals surface area contributed by atoms with Crippen LogP contribution in [0, 0.1) is 0 Å². The van der Waals surface area contributed by atoms with Gasteiger partial charge >= 0.3 is 6.18 Å². The maximum atomic E-state index is 12.8. The molecular formula is C20H18F3NO. The Morgan fingerprint density at radius 2 is 1.64 bits per heavy atom. The van der Waals surface area contributed by atoms with E-state index in [2.05, 4.69) is 0 Å². The fourth-order valence-electron chi connectivity index (χ4n) is 2.73. The molecule has 0 aliphatic heterocycles. The molecule has 5 heteroatoms. The second-order valence-electron chi connectivity index (χ2n) is 5.84. The monoisotopic (exact) mass is 345 g/mol. The second kappa shape index (κ2) is 7.15. The van der Waals surface area contributed by atoms with E-state index in [1.165, 1.54) is 6.07 Å². The van der Waals surface area contributed by atoms with Gasteiger partial charge in [-0.3, -0.25) is 0 Å². The van der Waals surface area contributed by atoms with Gasteiger partial charge in [-0.2, -0.15) is 13.2 Å². The molecule has 0 radical (unpaired) electrons. The van der Waals surface area contributed by atoms with Gasteiger partial charge in [0.05, 0.1) is 12.2 Å². The Morgan fingerprint density at radius 3 is 2.44 bits per heavy atom. The molecule has 0 aliphatic rings. The Hall–Kier alpha value is -2.53. The molecule has 0 aromatic heterocycles. The normalized spacial score (nSPS) is 13.0. The lowest BCUT2D eigenvalue weighted by atomic mass is 10.0. The Balaban J connectivity index is 1.66. The van der Waals surface area contributed by atoms with E-state index in [1.807, 2.05) is 42.5 Å². The van der Waals surface area contributed by atoms with Crippen molar-refractivity contribution in [2.75, 3.05) is 6.61 Å². The number of ether oxygens (including phenoxy) is 1. The van der Waals surface area contributed by atoms with Crippen molar-refractivity contribution < 1.29 is 17.9 Å². The first-order valence-corrected chi connectivity index (χ1v) is 7.98. The van der Waals surface area contributed by atoms with Gasteiger partial charge in [-0.1, -0.05) is 48.5 Å². The van der Waals surface area contributed by atoms with Crippen LogP contribution in [0.1, 0.15) is 23.6 Å². The SMILES string of the molecule is NC(CCOc1cccc2ccccc12)c1cccc(C(F)(F)F)c1. The average molecular weight is 345 g/mol. The van der Waals surface area contributed by atoms with Crippen LogP contribution in [0.2, 0.25) is 0 Å². The molecule has 3 aromatic rings. The largest absolute Gasteiger partial charge is 0.493 e. The van der Waals surface area contributed by atoms with Gasteiger partial charge < -0.3 is 10.5 Å². The van der Waals surface area contributed by atoms with Crippen LogP contribution in [-0.2, 0) is 6.18 Å². The molecule has 25 heavy (non-hydrogen) atoms. The average Bonchev–Trinajstić information content (AvgIpc) is 2.61. The molecular weight excluding hydrogens is 327 g/mol. The molecule has 0 amide bonds. The first kappa shape index (κ1) is 17.3. The van der Waals surface area contributed by atoms with Crippen molar-refractivity contribution in [3.05, 3.63) is 77.9 Å². The van der Waals surface area contributed by atoms with Crippen LogP contribution < -0.4 is 10.5 Å². The summed E-state index contributed by atoms with van der Waals surface area (Å²) < 4.78 is 44.2. The molecule has 1 atom stereocenters. The molecule has 2 nitrogen and oxygen atoms in total. The van der Waals surface area contributed by atoms with E-state index < -0.39 is 17.8 Å². The highest BCUT2D eigenvalue weighted by atomic mass is 19.4. The Morgan fingerprint density at radius 1 is 0.920 bits per heavy atom. The Bertz CT molecular complexity index is 855. The molecule has 0 bridgehead atoms. The fraction of sp³-hybridized carbons (Fsp3) is 0.200. The summed E-state index contributed by atoms with van der Waals surface area (Å²) in [6, 6.07) is 18.2. The summed E-state index contributed by atoms with van der Waals surface area (Å²) in [5, 5.41) is 2.07. The number of hydrogen-bond acceptors (Lipinski definition) is 2. The molecule has 130 valence electrons. The third kappa shape index (κ3) is 4.12. The Kier molecular flexibility index (Phi) is 4.95. The lowest BCUT2D eigenvalue weighted by molar-refractivity contribution is -0.137. The van der Waals surface area contributed by atoms with Crippen molar-refractivity contribution in [3.8, 4) is 5.75 Å². The molecule has 0 heterocycles. The van der Waals surface area contributed by atoms with Gasteiger partial charge in [-0.15, -0.1) is 0 Å². The zero-order valence-corrected chi connectivity index (χ0v) is 13.5. The van der Waals surface area contributed by atoms with Crippen LogP contribution in [0.25, 0.3) is 10.8 Å². The molecule has 1 unspecified atom stereocenters. The summed E-state index contributed by atoms with van der Waals surface area (Å²) in [7, 11) is 0. The van der Waals surface area contributed by atoms with Crippen molar-refractivity contribution in [1.82, 2.24) is 0 Å². The number of alkyl halides is 3. The van der Waals surface area contributed by atoms with Crippen molar-refractivity contribution in [2.24, 2.45) is 5.73 Å². The van der Waals surface area contributed by atoms with E-state index >= 15 is 0 Å². The molecule has 0 aliphatic carbocycles. The van der Waals surface area contributed by atoms with E-state index in [1.54, 1.807) is 6.07 Å². The molecule has 0 spiro atoms. The summed E-state index contributed by atoms with van der Waals surface area (Å²) in [5.74, 6) is 0.745. The van der Waals surface area contributed by atoms with Crippen LogP contribution >= 0.6 is 0 Å². The zero-order chi connectivity index (χ0) is 17.9. The standard InChI is InChI=1S/C20H18F3NO/c21-20(22,23)16-8-3-7-15(13-16)18(24)11-12-25-19-10-4-6-14-5-1-2-9-17(14)19/h1-10,13,18H,11-12,24H2. The summed E-state index contributed by atoms with van der Waals surface area (Å²) in [4.78, 5) is 0. The first-order valence-electron chi connectivity index (χ1n) is 7.98. The highest BCUT2D eigenvalue weighted by Gasteiger charge is 2.30. The Labute approximate surface area is 144 Å². The van der Waals surface area contributed by atoms with Crippen LogP contribution in [-0.4, -0.2) is 6.61 Å². The number of halogens is 3. The summed E-state index contributed by atoms with van der Waals surface area (Å²) in [6.07, 6.45) is -3.94. The molecule has 3 aromatic carbocycles. The third-order valence-electron chi connectivity index (χ3n) is 4.08. The summed E-state index contributed by atoms with van der Waals surface area (Å²) in [5.41, 5.74) is 5.81. The van der Waals surface area contributed by atoms with E-state index in [4.69, 9.17) is 10.5 Å². The van der Waals surface area contributed by atoms with Crippen molar-refractivity contribution in [2.45, 2.75) is 18.6 Å². The summed E-state index contributed by atoms with van der Waals surface area (Å²) >= 11 is 0. The highest BCUT2D eigenvalue weighted by Crippen LogP contribution is 2.31. The fourth-order valence-corrected chi connectivity index (χ4v) is 2.73. The number of nitrogens with two attached hydrogens (primary N) is 1. The number of benzene rings is 3. The van der Waals surface area contributed by atoms with Crippen LogP contribution in [0.4, 0.5) is 13.2 Å². The predicted molar refractivity (Wildman–Crippen MR) is 92.4 cm³/mol. The molecule has 0 fully saturated rings. The lowest BCUT2D eigenvalue weighted by Gasteiger charge is -2.15. The quantitative estimate of drug-likeness (QED) is 0.678. The molecule has 0 saturated heterocycles. The number of hydrogen-bond donors (Lipinski definition) is 1. The van der Waals surface area contributed by atoms with Gasteiger partial charge in [0, 0.05) is 17.8 Å². The second-order valence-corrected chi connectivity index (χ2v) is 5.84. The molecule has 0 saturated carbocycles. The van der Waals surface area contributed by atoms with Crippen molar-refractivity contribution in [1.29, 1.82) is 0 Å². The van der Waals surface area contributed by atoms with Gasteiger partial charge in [0.15, 0.2) is 0 Å². The van der Waals surface area contributed by atoms with Crippen molar-refractivity contribution >= 4 is 10.8 Å². The van der Waals surface area contributed by atoms with Crippen molar-refractivity contribution in [3.63, 3.8) is 0 Å². The molecule has 3 rings (SSSR count). The van der Waals surface area contributed by atoms with E-state index in [0.717, 1.165) is 28.7 Å². The minimum Gasteiger partial charge on any atom is -0.493 e. The van der Waals surface area contributed by atoms with E-state index in [9.17, 15) is 13.2 Å². The van der Waals surface area contributed by atoms with Crippen LogP contribution in [0.5, 0.6) is 5.75 Å². The third-order valence-corrected chi connectivity index (χ3v) is 4.08. The smallest absolute Gasteiger partial charge is 0.416 e. The minimum absolute atomic E-state index is 0.325. The topological polar surface area (TPSA) is 35.2 Å². The molecule has 2 N–H and O–H groups in total. The number of rotatable bonds is 5. The predicted octanol–water partition coefficient (Wildman–Crippen LogP) is 5.33. The van der Waals surface area contributed by atoms with Gasteiger partial charge in [0.2, 0.25) is 0 Å². The zero-order valence-electron chi connectivity index (χ0n) is 13.5. The highest BCUT2D eigenvalue weighted by molar-refractivity contribution is 5.88. The summed E-state index contributed by atoms with van der Waals surface area (Å²) in [6.45, 7) is 0.325.